The van der Waals surface area contributed by atoms with Crippen LogP contribution in [0, 0.1) is 28.6 Å². The average molecular weight is 589 g/mol. The van der Waals surface area contributed by atoms with E-state index < -0.39 is 0 Å². The highest BCUT2D eigenvalue weighted by atomic mass is 14.4. The van der Waals surface area contributed by atoms with Gasteiger partial charge in [-0.3, -0.25) is 0 Å². The molecule has 0 N–H and O–H groups in total. The molecule has 0 amide bonds. The van der Waals surface area contributed by atoms with Crippen molar-refractivity contribution in [2.24, 2.45) is 28.6 Å². The van der Waals surface area contributed by atoms with Crippen LogP contribution in [0.5, 0.6) is 0 Å². The van der Waals surface area contributed by atoms with Gasteiger partial charge in [-0.25, -0.2) is 0 Å². The van der Waals surface area contributed by atoms with Crippen LogP contribution in [0.25, 0.3) is 0 Å². The largest absolute Gasteiger partial charge is 0.103 e. The maximum Gasteiger partial charge on any atom is 0.00289 e. The van der Waals surface area contributed by atoms with E-state index in [0.29, 0.717) is 17.8 Å². The van der Waals surface area contributed by atoms with Crippen molar-refractivity contribution in [1.82, 2.24) is 0 Å². The quantitative estimate of drug-likeness (QED) is 0.157. The molecule has 0 spiro atoms. The standard InChI is InChI=1S/C44H60/c1-13-39-29-37(7)41(43(9,10)31-39)27-25-35(5)23-17-21-33(3)19-15-16-20-34(4)22-18-24-36(6)26-28-42-38(8)30-40(14-2)32-44(42,11)12/h13-29,39-41H,1-2,30-32H2,3-12H3/b16-15+,21-17+,22-18+,27-25+,28-26+,33-19+,34-20+,35-23+,36-24+. The average Bonchev–Trinajstić information content (AvgIpc) is 2.93. The third kappa shape index (κ3) is 12.0. The lowest BCUT2D eigenvalue weighted by atomic mass is 9.65. The fourth-order valence-corrected chi connectivity index (χ4v) is 6.67. The topological polar surface area (TPSA) is 0 Å². The lowest BCUT2D eigenvalue weighted by molar-refractivity contribution is 0.233. The van der Waals surface area contributed by atoms with Gasteiger partial charge in [-0.15, -0.1) is 13.2 Å². The van der Waals surface area contributed by atoms with Crippen LogP contribution in [0.1, 0.15) is 88.5 Å². The second-order valence-corrected chi connectivity index (χ2v) is 14.4. The summed E-state index contributed by atoms with van der Waals surface area (Å²) in [6.07, 6.45) is 40.7. The summed E-state index contributed by atoms with van der Waals surface area (Å²) in [7, 11) is 0. The zero-order chi connectivity index (χ0) is 32.9. The predicted molar refractivity (Wildman–Crippen MR) is 199 cm³/mol. The maximum absolute atomic E-state index is 4.02. The molecule has 0 heterocycles. The number of hydrogen-bond donors (Lipinski definition) is 0. The van der Waals surface area contributed by atoms with E-state index in [1.165, 1.54) is 45.4 Å². The van der Waals surface area contributed by atoms with E-state index >= 15 is 0 Å². The first-order chi connectivity index (χ1) is 20.7. The van der Waals surface area contributed by atoms with Gasteiger partial charge in [-0.2, -0.15) is 0 Å². The Morgan fingerprint density at radius 1 is 0.705 bits per heavy atom. The highest BCUT2D eigenvalue weighted by molar-refractivity contribution is 5.38. The number of hydrogen-bond acceptors (Lipinski definition) is 0. The second-order valence-electron chi connectivity index (χ2n) is 14.4. The molecule has 0 bridgehead atoms. The molecule has 3 atom stereocenters. The van der Waals surface area contributed by atoms with Gasteiger partial charge in [0.15, 0.2) is 0 Å². The van der Waals surface area contributed by atoms with Crippen molar-refractivity contribution in [3.05, 3.63) is 155 Å². The molecule has 2 aliphatic rings. The number of allylic oxidation sites excluding steroid dienone is 24. The molecular weight excluding hydrogens is 528 g/mol. The maximum atomic E-state index is 4.02. The molecular formula is C44H60. The second kappa shape index (κ2) is 17.2. The highest BCUT2D eigenvalue weighted by Gasteiger charge is 2.34. The van der Waals surface area contributed by atoms with Crippen LogP contribution in [-0.4, -0.2) is 0 Å². The molecule has 2 rings (SSSR count). The monoisotopic (exact) mass is 588 g/mol. The Bertz CT molecular complexity index is 1360. The Balaban J connectivity index is 1.91. The predicted octanol–water partition coefficient (Wildman–Crippen LogP) is 13.3. The van der Waals surface area contributed by atoms with Crippen molar-refractivity contribution < 1.29 is 0 Å². The van der Waals surface area contributed by atoms with E-state index in [1.54, 1.807) is 0 Å². The van der Waals surface area contributed by atoms with Gasteiger partial charge in [0.1, 0.15) is 0 Å². The minimum atomic E-state index is 0.189. The molecule has 0 aromatic rings. The van der Waals surface area contributed by atoms with Gasteiger partial charge in [0.25, 0.3) is 0 Å². The van der Waals surface area contributed by atoms with Gasteiger partial charge in [0.05, 0.1) is 0 Å². The van der Waals surface area contributed by atoms with E-state index in [4.69, 9.17) is 0 Å². The first-order valence-corrected chi connectivity index (χ1v) is 16.4. The number of rotatable bonds is 12. The molecule has 0 aromatic heterocycles. The summed E-state index contributed by atoms with van der Waals surface area (Å²) in [5.41, 5.74) is 9.79. The molecule has 44 heavy (non-hydrogen) atoms. The summed E-state index contributed by atoms with van der Waals surface area (Å²) in [6, 6.07) is 0. The van der Waals surface area contributed by atoms with Crippen molar-refractivity contribution in [2.45, 2.75) is 88.5 Å². The Morgan fingerprint density at radius 2 is 1.23 bits per heavy atom. The lowest BCUT2D eigenvalue weighted by Crippen LogP contribution is -2.29. The Labute approximate surface area is 271 Å². The molecule has 0 fully saturated rings. The smallest absolute Gasteiger partial charge is 0.00289 e. The van der Waals surface area contributed by atoms with Crippen LogP contribution in [0.3, 0.4) is 0 Å². The van der Waals surface area contributed by atoms with E-state index in [-0.39, 0.29) is 10.8 Å². The Kier molecular flexibility index (Phi) is 14.4. The van der Waals surface area contributed by atoms with E-state index in [2.05, 4.69) is 186 Å². The molecule has 2 aliphatic carbocycles. The first kappa shape index (κ1) is 36.8. The SMILES string of the molecule is C=CC1C=C(C)C(/C=C/C(C)=C/C=C/C(C)=C/C=C/C=C(C)/C=C/C=C(C)/C=C/C2=C(C)CC(C=C)CC2(C)C)C(C)(C)C1. The van der Waals surface area contributed by atoms with Crippen molar-refractivity contribution in [2.75, 3.05) is 0 Å². The normalized spacial score (nSPS) is 25.7. The minimum Gasteiger partial charge on any atom is -0.103 e. The highest BCUT2D eigenvalue weighted by Crippen LogP contribution is 2.45. The zero-order valence-electron chi connectivity index (χ0n) is 29.6. The molecule has 0 saturated carbocycles. The summed E-state index contributed by atoms with van der Waals surface area (Å²) in [5, 5.41) is 0. The summed E-state index contributed by atoms with van der Waals surface area (Å²) < 4.78 is 0. The van der Waals surface area contributed by atoms with Crippen LogP contribution in [0.4, 0.5) is 0 Å². The summed E-state index contributed by atoms with van der Waals surface area (Å²) in [5.74, 6) is 1.54. The van der Waals surface area contributed by atoms with Crippen LogP contribution in [-0.2, 0) is 0 Å². The fraction of sp³-hybridized carbons (Fsp3) is 0.409. The van der Waals surface area contributed by atoms with E-state index in [1.807, 2.05) is 0 Å². The van der Waals surface area contributed by atoms with Crippen LogP contribution < -0.4 is 0 Å². The van der Waals surface area contributed by atoms with Crippen molar-refractivity contribution in [3.8, 4) is 0 Å². The Morgan fingerprint density at radius 3 is 1.73 bits per heavy atom. The van der Waals surface area contributed by atoms with Gasteiger partial charge >= 0.3 is 0 Å². The molecule has 0 saturated heterocycles. The molecule has 0 aromatic carbocycles. The van der Waals surface area contributed by atoms with Crippen LogP contribution in [0.15, 0.2) is 155 Å². The van der Waals surface area contributed by atoms with Gasteiger partial charge in [-0.1, -0.05) is 164 Å². The van der Waals surface area contributed by atoms with Crippen molar-refractivity contribution >= 4 is 0 Å². The third-order valence-electron chi connectivity index (χ3n) is 9.07. The minimum absolute atomic E-state index is 0.189. The lowest BCUT2D eigenvalue weighted by Gasteiger charge is -2.39. The summed E-state index contributed by atoms with van der Waals surface area (Å²) >= 11 is 0. The third-order valence-corrected chi connectivity index (χ3v) is 9.07. The zero-order valence-corrected chi connectivity index (χ0v) is 29.6. The summed E-state index contributed by atoms with van der Waals surface area (Å²) in [4.78, 5) is 0. The molecule has 0 radical (unpaired) electrons. The van der Waals surface area contributed by atoms with Crippen LogP contribution >= 0.6 is 0 Å². The van der Waals surface area contributed by atoms with Gasteiger partial charge in [0, 0.05) is 5.92 Å². The van der Waals surface area contributed by atoms with E-state index in [9.17, 15) is 0 Å². The van der Waals surface area contributed by atoms with Crippen molar-refractivity contribution in [3.63, 3.8) is 0 Å². The van der Waals surface area contributed by atoms with Gasteiger partial charge < -0.3 is 0 Å². The fourth-order valence-electron chi connectivity index (χ4n) is 6.67. The Hall–Kier alpha value is -3.38. The molecule has 3 unspecified atom stereocenters. The molecule has 236 valence electrons. The molecule has 0 aliphatic heterocycles. The van der Waals surface area contributed by atoms with Gasteiger partial charge in [0.2, 0.25) is 0 Å². The van der Waals surface area contributed by atoms with Gasteiger partial charge in [-0.05, 0) is 89.0 Å². The first-order valence-electron chi connectivity index (χ1n) is 16.4. The molecule has 0 heteroatoms. The van der Waals surface area contributed by atoms with E-state index in [0.717, 1.165) is 12.8 Å². The van der Waals surface area contributed by atoms with Crippen LogP contribution in [0.2, 0.25) is 0 Å². The molecule has 0 nitrogen and oxygen atoms in total. The summed E-state index contributed by atoms with van der Waals surface area (Å²) in [6.45, 7) is 30.6. The van der Waals surface area contributed by atoms with Crippen molar-refractivity contribution in [1.29, 1.82) is 0 Å².